The molecular weight excluding hydrogens is 360 g/mol. The number of aryl methyl sites for hydroxylation is 1. The van der Waals surface area contributed by atoms with Gasteiger partial charge in [0.15, 0.2) is 0 Å². The van der Waals surface area contributed by atoms with Crippen LogP contribution in [0.2, 0.25) is 0 Å². The fourth-order valence-electron chi connectivity index (χ4n) is 3.39. The molecule has 0 aliphatic carbocycles. The van der Waals surface area contributed by atoms with Gasteiger partial charge < -0.3 is 10.2 Å². The molecule has 6 nitrogen and oxygen atoms in total. The van der Waals surface area contributed by atoms with E-state index < -0.39 is 0 Å². The van der Waals surface area contributed by atoms with E-state index >= 15 is 0 Å². The molecule has 3 rings (SSSR count). The van der Waals surface area contributed by atoms with Gasteiger partial charge in [0.2, 0.25) is 16.9 Å². The van der Waals surface area contributed by atoms with Crippen LogP contribution in [0.3, 0.4) is 0 Å². The van der Waals surface area contributed by atoms with Gasteiger partial charge in [-0.1, -0.05) is 43.7 Å². The predicted octanol–water partition coefficient (Wildman–Crippen LogP) is 4.05. The molecule has 1 aromatic heterocycles. The third-order valence-electron chi connectivity index (χ3n) is 5.18. The highest BCUT2D eigenvalue weighted by Gasteiger charge is 2.36. The van der Waals surface area contributed by atoms with Crippen molar-refractivity contribution < 1.29 is 9.59 Å². The highest BCUT2D eigenvalue weighted by Crippen LogP contribution is 2.31. The summed E-state index contributed by atoms with van der Waals surface area (Å²) < 4.78 is 0. The van der Waals surface area contributed by atoms with Crippen molar-refractivity contribution in [1.29, 1.82) is 0 Å². The Morgan fingerprint density at radius 1 is 1.37 bits per heavy atom. The molecule has 1 aliphatic rings. The summed E-state index contributed by atoms with van der Waals surface area (Å²) in [6, 6.07) is 5.90. The van der Waals surface area contributed by atoms with E-state index in [1.165, 1.54) is 11.3 Å². The molecule has 144 valence electrons. The Morgan fingerprint density at radius 3 is 2.89 bits per heavy atom. The van der Waals surface area contributed by atoms with Crippen molar-refractivity contribution in [3.05, 3.63) is 34.3 Å². The number of aromatic nitrogens is 2. The summed E-state index contributed by atoms with van der Waals surface area (Å²) in [5.74, 6) is -0.218. The molecule has 1 aromatic carbocycles. The van der Waals surface area contributed by atoms with E-state index in [2.05, 4.69) is 29.4 Å². The van der Waals surface area contributed by atoms with Crippen LogP contribution in [-0.2, 0) is 9.59 Å². The van der Waals surface area contributed by atoms with Crippen LogP contribution in [0, 0.1) is 19.8 Å². The molecule has 7 heteroatoms. The molecule has 2 amide bonds. The number of amides is 2. The van der Waals surface area contributed by atoms with Crippen molar-refractivity contribution in [1.82, 2.24) is 10.2 Å². The number of carbonyl (C=O) groups excluding carboxylic acids is 2. The lowest BCUT2D eigenvalue weighted by molar-refractivity contribution is -0.122. The molecule has 27 heavy (non-hydrogen) atoms. The lowest BCUT2D eigenvalue weighted by Crippen LogP contribution is -2.28. The highest BCUT2D eigenvalue weighted by molar-refractivity contribution is 7.15. The van der Waals surface area contributed by atoms with Crippen molar-refractivity contribution in [3.8, 4) is 0 Å². The number of anilines is 2. The topological polar surface area (TPSA) is 75.2 Å². The maximum Gasteiger partial charge on any atom is 0.231 e. The summed E-state index contributed by atoms with van der Waals surface area (Å²) in [4.78, 5) is 26.9. The largest absolute Gasteiger partial charge is 0.311 e. The molecule has 1 fully saturated rings. The van der Waals surface area contributed by atoms with E-state index in [-0.39, 0.29) is 24.2 Å². The highest BCUT2D eigenvalue weighted by atomic mass is 32.1. The van der Waals surface area contributed by atoms with Gasteiger partial charge in [-0.05, 0) is 37.5 Å². The minimum absolute atomic E-state index is 0.0154. The molecule has 2 aromatic rings. The van der Waals surface area contributed by atoms with Crippen LogP contribution in [0.4, 0.5) is 10.8 Å². The van der Waals surface area contributed by atoms with Gasteiger partial charge in [-0.15, -0.1) is 10.2 Å². The number of benzene rings is 1. The van der Waals surface area contributed by atoms with Crippen LogP contribution >= 0.6 is 11.3 Å². The van der Waals surface area contributed by atoms with Crippen LogP contribution < -0.4 is 10.2 Å². The smallest absolute Gasteiger partial charge is 0.231 e. The quantitative estimate of drug-likeness (QED) is 0.813. The van der Waals surface area contributed by atoms with E-state index in [0.717, 1.165) is 34.7 Å². The molecule has 0 spiro atoms. The number of carbonyl (C=O) groups is 2. The Labute approximate surface area is 164 Å². The van der Waals surface area contributed by atoms with E-state index in [1.807, 2.05) is 32.0 Å². The molecule has 1 aliphatic heterocycles. The van der Waals surface area contributed by atoms with Crippen LogP contribution in [0.5, 0.6) is 0 Å². The fourth-order valence-corrected chi connectivity index (χ4v) is 4.22. The van der Waals surface area contributed by atoms with Crippen molar-refractivity contribution >= 4 is 34.0 Å². The molecule has 1 saturated heterocycles. The predicted molar refractivity (Wildman–Crippen MR) is 108 cm³/mol. The zero-order chi connectivity index (χ0) is 19.6. The first kappa shape index (κ1) is 19.5. The monoisotopic (exact) mass is 386 g/mol. The maximum atomic E-state index is 12.6. The van der Waals surface area contributed by atoms with Gasteiger partial charge >= 0.3 is 0 Å². The molecule has 0 unspecified atom stereocenters. The maximum absolute atomic E-state index is 12.6. The summed E-state index contributed by atoms with van der Waals surface area (Å²) in [5, 5.41) is 12.6. The average Bonchev–Trinajstić information content (AvgIpc) is 3.24. The first-order valence-corrected chi connectivity index (χ1v) is 10.2. The minimum atomic E-state index is -0.377. The van der Waals surface area contributed by atoms with E-state index in [4.69, 9.17) is 0 Å². The normalized spacial score (nSPS) is 18.0. The van der Waals surface area contributed by atoms with Gasteiger partial charge in [-0.2, -0.15) is 0 Å². The average molecular weight is 387 g/mol. The van der Waals surface area contributed by atoms with Gasteiger partial charge in [0.1, 0.15) is 5.01 Å². The number of hydrogen-bond acceptors (Lipinski definition) is 5. The summed E-state index contributed by atoms with van der Waals surface area (Å²) in [5.41, 5.74) is 3.10. The zero-order valence-corrected chi connectivity index (χ0v) is 17.1. The Kier molecular flexibility index (Phi) is 5.89. The van der Waals surface area contributed by atoms with Gasteiger partial charge in [0.25, 0.3) is 0 Å². The number of hydrogen-bond donors (Lipinski definition) is 1. The summed E-state index contributed by atoms with van der Waals surface area (Å²) in [6.07, 6.45) is 2.35. The van der Waals surface area contributed by atoms with Crippen molar-refractivity contribution in [3.63, 3.8) is 0 Å². The molecule has 2 atom stereocenters. The minimum Gasteiger partial charge on any atom is -0.311 e. The zero-order valence-electron chi connectivity index (χ0n) is 16.3. The lowest BCUT2D eigenvalue weighted by Gasteiger charge is -2.20. The van der Waals surface area contributed by atoms with E-state index in [0.29, 0.717) is 17.6 Å². The van der Waals surface area contributed by atoms with Gasteiger partial charge in [0.05, 0.1) is 5.92 Å². The number of nitrogens with one attached hydrogen (secondary N) is 1. The van der Waals surface area contributed by atoms with Crippen molar-refractivity contribution in [2.45, 2.75) is 52.9 Å². The lowest BCUT2D eigenvalue weighted by atomic mass is 10.1. The molecule has 1 N–H and O–H groups in total. The Morgan fingerprint density at radius 2 is 2.15 bits per heavy atom. The number of rotatable bonds is 6. The summed E-state index contributed by atoms with van der Waals surface area (Å²) in [7, 11) is 0. The second-order valence-electron chi connectivity index (χ2n) is 7.25. The van der Waals surface area contributed by atoms with Crippen molar-refractivity contribution in [2.75, 3.05) is 16.8 Å². The fraction of sp³-hybridized carbons (Fsp3) is 0.500. The Hall–Kier alpha value is -2.28. The third kappa shape index (κ3) is 4.18. The Bertz CT molecular complexity index is 848. The van der Waals surface area contributed by atoms with Crippen molar-refractivity contribution in [2.24, 2.45) is 5.92 Å². The Balaban J connectivity index is 1.67. The van der Waals surface area contributed by atoms with Crippen LogP contribution in [0.25, 0.3) is 0 Å². The molecular formula is C20H26N4O2S. The number of nitrogens with zero attached hydrogens (tertiary/aromatic N) is 3. The standard InChI is InChI=1S/C20H26N4O2S/c1-5-7-13(3)19-22-23-20(27-19)21-18(26)15-10-17(25)24(11-15)16-9-6-8-12(2)14(16)4/h6,8-9,13,15H,5,7,10-11H2,1-4H3,(H,21,23,26)/t13-,15+/m1/s1. The molecule has 2 heterocycles. The second-order valence-corrected chi connectivity index (χ2v) is 8.26. The SMILES string of the molecule is CCC[C@@H](C)c1nnc(NC(=O)[C@H]2CC(=O)N(c3cccc(C)c3C)C2)s1. The van der Waals surface area contributed by atoms with E-state index in [9.17, 15) is 9.59 Å². The third-order valence-corrected chi connectivity index (χ3v) is 6.25. The van der Waals surface area contributed by atoms with E-state index in [1.54, 1.807) is 4.90 Å². The summed E-state index contributed by atoms with van der Waals surface area (Å²) in [6.45, 7) is 8.68. The van der Waals surface area contributed by atoms with Gasteiger partial charge in [-0.3, -0.25) is 9.59 Å². The second kappa shape index (κ2) is 8.17. The van der Waals surface area contributed by atoms with Crippen LogP contribution in [0.1, 0.15) is 55.2 Å². The molecule has 0 saturated carbocycles. The first-order valence-electron chi connectivity index (χ1n) is 9.41. The van der Waals surface area contributed by atoms with Crippen LogP contribution in [0.15, 0.2) is 18.2 Å². The van der Waals surface area contributed by atoms with Crippen LogP contribution in [-0.4, -0.2) is 28.6 Å². The van der Waals surface area contributed by atoms with Gasteiger partial charge in [-0.25, -0.2) is 0 Å². The molecule has 0 radical (unpaired) electrons. The first-order chi connectivity index (χ1) is 12.9. The molecule has 0 bridgehead atoms. The summed E-state index contributed by atoms with van der Waals surface area (Å²) >= 11 is 1.42. The van der Waals surface area contributed by atoms with Gasteiger partial charge in [0, 0.05) is 24.6 Å².